The van der Waals surface area contributed by atoms with E-state index in [0.29, 0.717) is 6.54 Å². The SMILES string of the molecule is Cn1ccnc1C1CNCCN1Cc1ccc(-c2ccccc2)cc1F. The van der Waals surface area contributed by atoms with Gasteiger partial charge in [-0.05, 0) is 17.2 Å². The molecule has 4 nitrogen and oxygen atoms in total. The molecule has 0 bridgehead atoms. The van der Waals surface area contributed by atoms with E-state index in [1.807, 2.05) is 66.5 Å². The zero-order valence-electron chi connectivity index (χ0n) is 14.9. The summed E-state index contributed by atoms with van der Waals surface area (Å²) in [6.07, 6.45) is 3.77. The lowest BCUT2D eigenvalue weighted by atomic mass is 10.0. The van der Waals surface area contributed by atoms with E-state index in [-0.39, 0.29) is 11.9 Å². The molecule has 0 saturated carbocycles. The minimum atomic E-state index is -0.150. The van der Waals surface area contributed by atoms with Crippen LogP contribution in [0.15, 0.2) is 60.9 Å². The Morgan fingerprint density at radius 3 is 2.73 bits per heavy atom. The van der Waals surface area contributed by atoms with Gasteiger partial charge in [-0.2, -0.15) is 0 Å². The number of rotatable bonds is 4. The van der Waals surface area contributed by atoms with E-state index in [1.54, 1.807) is 6.07 Å². The fraction of sp³-hybridized carbons (Fsp3) is 0.286. The second kappa shape index (κ2) is 7.40. The van der Waals surface area contributed by atoms with Crippen molar-refractivity contribution >= 4 is 0 Å². The fourth-order valence-electron chi connectivity index (χ4n) is 3.59. The fourth-order valence-corrected chi connectivity index (χ4v) is 3.59. The van der Waals surface area contributed by atoms with Crippen molar-refractivity contribution in [1.29, 1.82) is 0 Å². The van der Waals surface area contributed by atoms with Crippen molar-refractivity contribution < 1.29 is 4.39 Å². The third-order valence-corrected chi connectivity index (χ3v) is 5.04. The van der Waals surface area contributed by atoms with Crippen molar-refractivity contribution in [2.75, 3.05) is 19.6 Å². The van der Waals surface area contributed by atoms with E-state index in [1.165, 1.54) is 0 Å². The molecule has 1 aromatic heterocycles. The van der Waals surface area contributed by atoms with Crippen LogP contribution in [0.5, 0.6) is 0 Å². The van der Waals surface area contributed by atoms with Crippen molar-refractivity contribution in [2.45, 2.75) is 12.6 Å². The Bertz CT molecular complexity index is 875. The highest BCUT2D eigenvalue weighted by atomic mass is 19.1. The number of hydrogen-bond donors (Lipinski definition) is 1. The lowest BCUT2D eigenvalue weighted by Gasteiger charge is -2.35. The van der Waals surface area contributed by atoms with Gasteiger partial charge in [0.05, 0.1) is 6.04 Å². The monoisotopic (exact) mass is 350 g/mol. The molecule has 0 aliphatic carbocycles. The number of aryl methyl sites for hydroxylation is 1. The summed E-state index contributed by atoms with van der Waals surface area (Å²) in [6, 6.07) is 15.6. The highest BCUT2D eigenvalue weighted by molar-refractivity contribution is 5.63. The lowest BCUT2D eigenvalue weighted by molar-refractivity contribution is 0.143. The minimum absolute atomic E-state index is 0.150. The molecule has 5 heteroatoms. The van der Waals surface area contributed by atoms with Crippen LogP contribution in [0.4, 0.5) is 4.39 Å². The van der Waals surface area contributed by atoms with Crippen molar-refractivity contribution in [3.05, 3.63) is 78.1 Å². The number of imidazole rings is 1. The zero-order chi connectivity index (χ0) is 17.9. The van der Waals surface area contributed by atoms with Crippen molar-refractivity contribution in [1.82, 2.24) is 19.8 Å². The Hall–Kier alpha value is -2.50. The number of nitrogens with zero attached hydrogens (tertiary/aromatic N) is 3. The number of piperazine rings is 1. The molecule has 3 aromatic rings. The van der Waals surface area contributed by atoms with Gasteiger partial charge in [-0.1, -0.05) is 42.5 Å². The second-order valence-electron chi connectivity index (χ2n) is 6.76. The Labute approximate surface area is 153 Å². The van der Waals surface area contributed by atoms with E-state index in [9.17, 15) is 4.39 Å². The topological polar surface area (TPSA) is 33.1 Å². The van der Waals surface area contributed by atoms with Gasteiger partial charge >= 0.3 is 0 Å². The third-order valence-electron chi connectivity index (χ3n) is 5.04. The van der Waals surface area contributed by atoms with E-state index in [0.717, 1.165) is 42.1 Å². The van der Waals surface area contributed by atoms with Crippen LogP contribution in [0.3, 0.4) is 0 Å². The number of benzene rings is 2. The predicted molar refractivity (Wildman–Crippen MR) is 101 cm³/mol. The average molecular weight is 350 g/mol. The second-order valence-corrected chi connectivity index (χ2v) is 6.76. The van der Waals surface area contributed by atoms with Crippen molar-refractivity contribution in [3.8, 4) is 11.1 Å². The molecular formula is C21H23FN4. The highest BCUT2D eigenvalue weighted by Gasteiger charge is 2.27. The van der Waals surface area contributed by atoms with Gasteiger partial charge in [0.25, 0.3) is 0 Å². The van der Waals surface area contributed by atoms with Gasteiger partial charge in [0.15, 0.2) is 0 Å². The normalized spacial score (nSPS) is 18.2. The zero-order valence-corrected chi connectivity index (χ0v) is 14.9. The smallest absolute Gasteiger partial charge is 0.128 e. The first-order chi connectivity index (χ1) is 12.7. The molecule has 2 heterocycles. The summed E-state index contributed by atoms with van der Waals surface area (Å²) in [5.41, 5.74) is 2.67. The van der Waals surface area contributed by atoms with Crippen LogP contribution in [0.2, 0.25) is 0 Å². The van der Waals surface area contributed by atoms with Crippen LogP contribution in [0.25, 0.3) is 11.1 Å². The van der Waals surface area contributed by atoms with Crippen LogP contribution < -0.4 is 5.32 Å². The van der Waals surface area contributed by atoms with Crippen LogP contribution in [-0.2, 0) is 13.6 Å². The molecule has 0 radical (unpaired) electrons. The van der Waals surface area contributed by atoms with E-state index in [2.05, 4.69) is 15.2 Å². The van der Waals surface area contributed by atoms with Gasteiger partial charge in [0.1, 0.15) is 11.6 Å². The van der Waals surface area contributed by atoms with Gasteiger partial charge in [-0.3, -0.25) is 4.90 Å². The molecule has 1 N–H and O–H groups in total. The van der Waals surface area contributed by atoms with Crippen LogP contribution in [0.1, 0.15) is 17.4 Å². The number of halogens is 1. The summed E-state index contributed by atoms with van der Waals surface area (Å²) in [7, 11) is 2.00. The number of aromatic nitrogens is 2. The summed E-state index contributed by atoms with van der Waals surface area (Å²) in [5, 5.41) is 3.42. The maximum atomic E-state index is 14.8. The number of hydrogen-bond acceptors (Lipinski definition) is 3. The predicted octanol–water partition coefficient (Wildman–Crippen LogP) is 3.37. The molecule has 134 valence electrons. The Kier molecular flexibility index (Phi) is 4.82. The van der Waals surface area contributed by atoms with Gasteiger partial charge < -0.3 is 9.88 Å². The van der Waals surface area contributed by atoms with Crippen molar-refractivity contribution in [2.24, 2.45) is 7.05 Å². The molecule has 0 spiro atoms. The van der Waals surface area contributed by atoms with E-state index in [4.69, 9.17) is 0 Å². The first kappa shape index (κ1) is 16.9. The van der Waals surface area contributed by atoms with Crippen molar-refractivity contribution in [3.63, 3.8) is 0 Å². The lowest BCUT2D eigenvalue weighted by Crippen LogP contribution is -2.46. The summed E-state index contributed by atoms with van der Waals surface area (Å²) in [6.45, 7) is 3.19. The quantitative estimate of drug-likeness (QED) is 0.783. The standard InChI is InChI=1S/C21H23FN4/c1-25-11-10-24-21(25)20-14-23-9-12-26(20)15-18-8-7-17(13-19(18)22)16-5-3-2-4-6-16/h2-8,10-11,13,20,23H,9,12,14-15H2,1H3. The molecule has 2 aromatic carbocycles. The summed E-state index contributed by atoms with van der Waals surface area (Å²) in [4.78, 5) is 6.80. The summed E-state index contributed by atoms with van der Waals surface area (Å²) < 4.78 is 16.8. The molecule has 26 heavy (non-hydrogen) atoms. The molecule has 1 aliphatic rings. The van der Waals surface area contributed by atoms with Crippen LogP contribution >= 0.6 is 0 Å². The maximum absolute atomic E-state index is 14.8. The molecule has 1 aliphatic heterocycles. The Balaban J connectivity index is 1.57. The minimum Gasteiger partial charge on any atom is -0.337 e. The molecular weight excluding hydrogens is 327 g/mol. The molecule has 4 rings (SSSR count). The van der Waals surface area contributed by atoms with Gasteiger partial charge in [0, 0.05) is 51.2 Å². The maximum Gasteiger partial charge on any atom is 0.128 e. The summed E-state index contributed by atoms with van der Waals surface area (Å²) in [5.74, 6) is 0.863. The van der Waals surface area contributed by atoms with Gasteiger partial charge in [-0.25, -0.2) is 9.37 Å². The number of nitrogens with one attached hydrogen (secondary N) is 1. The van der Waals surface area contributed by atoms with E-state index < -0.39 is 0 Å². The Morgan fingerprint density at radius 2 is 2.00 bits per heavy atom. The first-order valence-corrected chi connectivity index (χ1v) is 8.98. The van der Waals surface area contributed by atoms with Crippen LogP contribution in [0, 0.1) is 5.82 Å². The molecule has 0 amide bonds. The van der Waals surface area contributed by atoms with Crippen LogP contribution in [-0.4, -0.2) is 34.1 Å². The molecule has 1 unspecified atom stereocenters. The first-order valence-electron chi connectivity index (χ1n) is 8.98. The summed E-state index contributed by atoms with van der Waals surface area (Å²) >= 11 is 0. The molecule has 1 fully saturated rings. The Morgan fingerprint density at radius 1 is 1.15 bits per heavy atom. The van der Waals surface area contributed by atoms with Gasteiger partial charge in [-0.15, -0.1) is 0 Å². The molecule has 1 atom stereocenters. The molecule has 1 saturated heterocycles. The highest BCUT2D eigenvalue weighted by Crippen LogP contribution is 2.26. The average Bonchev–Trinajstić information content (AvgIpc) is 3.10. The van der Waals surface area contributed by atoms with Gasteiger partial charge in [0.2, 0.25) is 0 Å². The third kappa shape index (κ3) is 3.41. The largest absolute Gasteiger partial charge is 0.337 e. The van der Waals surface area contributed by atoms with E-state index >= 15 is 0 Å².